The predicted molar refractivity (Wildman–Crippen MR) is 161 cm³/mol. The van der Waals surface area contributed by atoms with Crippen LogP contribution < -0.4 is 24.8 Å². The Hall–Kier alpha value is -3.54. The van der Waals surface area contributed by atoms with Gasteiger partial charge in [-0.1, -0.05) is 6.92 Å². The van der Waals surface area contributed by atoms with Gasteiger partial charge in [0.15, 0.2) is 11.5 Å². The number of hydrogen-bond acceptors (Lipinski definition) is 8. The van der Waals surface area contributed by atoms with Crippen molar-refractivity contribution < 1.29 is 33.6 Å². The Morgan fingerprint density at radius 2 is 1.74 bits per heavy atom. The van der Waals surface area contributed by atoms with Crippen LogP contribution in [0.1, 0.15) is 50.4 Å². The Labute approximate surface area is 248 Å². The van der Waals surface area contributed by atoms with Gasteiger partial charge in [0, 0.05) is 43.1 Å². The number of benzene rings is 2. The first-order valence-corrected chi connectivity index (χ1v) is 14.6. The quantitative estimate of drug-likeness (QED) is 0.457. The van der Waals surface area contributed by atoms with Gasteiger partial charge < -0.3 is 44.5 Å². The molecule has 4 atom stereocenters. The van der Waals surface area contributed by atoms with Crippen molar-refractivity contribution in [1.82, 2.24) is 9.80 Å². The standard InChI is InChI=1S/C31H44N4O7/c1-20-16-35(21(2)18-36)30(37)25-14-23(32-31(38)33-24-10-12-27-28(15-24)41-19-40-27)9-11-26(25)42-22(3)8-6-7-13-39-29(20)17-34(4)5/h9-12,14-15,20-22,29,36H,6-8,13,16-19H2,1-5H3,(H2,32,33,38)/t20-,21-,22-,29+/m0/s1. The Morgan fingerprint density at radius 3 is 2.45 bits per heavy atom. The highest BCUT2D eigenvalue weighted by Crippen LogP contribution is 2.34. The third-order valence-electron chi connectivity index (χ3n) is 7.48. The molecule has 0 aliphatic carbocycles. The summed E-state index contributed by atoms with van der Waals surface area (Å²) in [5.74, 6) is 1.34. The van der Waals surface area contributed by atoms with Gasteiger partial charge in [-0.2, -0.15) is 0 Å². The molecule has 3 amide bonds. The molecule has 42 heavy (non-hydrogen) atoms. The normalized spacial score (nSPS) is 22.1. The van der Waals surface area contributed by atoms with Crippen molar-refractivity contribution in [3.63, 3.8) is 0 Å². The minimum Gasteiger partial charge on any atom is -0.490 e. The molecule has 0 radical (unpaired) electrons. The summed E-state index contributed by atoms with van der Waals surface area (Å²) < 4.78 is 23.3. The summed E-state index contributed by atoms with van der Waals surface area (Å²) in [7, 11) is 4.01. The summed E-state index contributed by atoms with van der Waals surface area (Å²) in [5.41, 5.74) is 1.28. The average Bonchev–Trinajstić information content (AvgIpc) is 3.42. The molecule has 2 aromatic carbocycles. The number of rotatable bonds is 6. The number of aliphatic hydroxyl groups excluding tert-OH is 1. The van der Waals surface area contributed by atoms with Crippen molar-refractivity contribution in [3.05, 3.63) is 42.0 Å². The van der Waals surface area contributed by atoms with Gasteiger partial charge in [0.25, 0.3) is 5.91 Å². The minimum absolute atomic E-state index is 0.00497. The monoisotopic (exact) mass is 584 g/mol. The number of amides is 3. The van der Waals surface area contributed by atoms with Crippen molar-refractivity contribution in [2.24, 2.45) is 5.92 Å². The summed E-state index contributed by atoms with van der Waals surface area (Å²) in [6, 6.07) is 9.28. The zero-order valence-corrected chi connectivity index (χ0v) is 25.2. The molecule has 2 aliphatic rings. The molecule has 0 saturated carbocycles. The molecular formula is C31H44N4O7. The molecule has 0 spiro atoms. The number of fused-ring (bicyclic) bond motifs is 2. The summed E-state index contributed by atoms with van der Waals surface area (Å²) in [4.78, 5) is 30.8. The molecule has 2 aliphatic heterocycles. The molecule has 2 aromatic rings. The molecule has 4 rings (SSSR count). The highest BCUT2D eigenvalue weighted by Gasteiger charge is 2.30. The van der Waals surface area contributed by atoms with Crippen molar-refractivity contribution in [1.29, 1.82) is 0 Å². The maximum Gasteiger partial charge on any atom is 0.323 e. The number of hydrogen-bond donors (Lipinski definition) is 3. The van der Waals surface area contributed by atoms with Gasteiger partial charge in [-0.25, -0.2) is 4.79 Å². The van der Waals surface area contributed by atoms with Crippen LogP contribution in [-0.4, -0.2) is 92.3 Å². The second-order valence-electron chi connectivity index (χ2n) is 11.4. The molecule has 0 saturated heterocycles. The lowest BCUT2D eigenvalue weighted by Crippen LogP contribution is -2.47. The van der Waals surface area contributed by atoms with E-state index < -0.39 is 12.1 Å². The number of ether oxygens (including phenoxy) is 4. The number of anilines is 2. The van der Waals surface area contributed by atoms with Gasteiger partial charge >= 0.3 is 6.03 Å². The highest BCUT2D eigenvalue weighted by molar-refractivity contribution is 6.02. The third kappa shape index (κ3) is 8.27. The van der Waals surface area contributed by atoms with Crippen LogP contribution in [0.4, 0.5) is 16.2 Å². The Bertz CT molecular complexity index is 1220. The van der Waals surface area contributed by atoms with Gasteiger partial charge in [0.1, 0.15) is 5.75 Å². The lowest BCUT2D eigenvalue weighted by atomic mass is 10.0. The second-order valence-corrected chi connectivity index (χ2v) is 11.4. The van der Waals surface area contributed by atoms with Gasteiger partial charge in [0.05, 0.1) is 30.4 Å². The van der Waals surface area contributed by atoms with E-state index >= 15 is 0 Å². The molecule has 0 fully saturated rings. The zero-order valence-electron chi connectivity index (χ0n) is 25.2. The van der Waals surface area contributed by atoms with Crippen molar-refractivity contribution >= 4 is 23.3 Å². The minimum atomic E-state index is -0.477. The average molecular weight is 585 g/mol. The zero-order chi connectivity index (χ0) is 30.2. The number of carbonyl (C=O) groups excluding carboxylic acids is 2. The van der Waals surface area contributed by atoms with E-state index in [-0.39, 0.29) is 37.4 Å². The molecule has 0 bridgehead atoms. The largest absolute Gasteiger partial charge is 0.490 e. The van der Waals surface area contributed by atoms with Crippen LogP contribution in [0.5, 0.6) is 17.2 Å². The van der Waals surface area contributed by atoms with E-state index in [0.717, 1.165) is 25.8 Å². The van der Waals surface area contributed by atoms with Crippen LogP contribution in [0.2, 0.25) is 0 Å². The number of urea groups is 1. The van der Waals surface area contributed by atoms with Crippen molar-refractivity contribution in [3.8, 4) is 17.2 Å². The van der Waals surface area contributed by atoms with Crippen LogP contribution in [0.25, 0.3) is 0 Å². The van der Waals surface area contributed by atoms with E-state index in [1.807, 2.05) is 27.9 Å². The summed E-state index contributed by atoms with van der Waals surface area (Å²) in [5, 5.41) is 15.7. The topological polar surface area (TPSA) is 122 Å². The fraction of sp³-hybridized carbons (Fsp3) is 0.548. The maximum atomic E-state index is 14.2. The SMILES string of the molecule is C[C@H]1CCCCO[C@H](CN(C)C)[C@@H](C)CN([C@@H](C)CO)C(=O)c2cc(NC(=O)Nc3ccc4c(c3)OCO4)ccc2O1. The fourth-order valence-corrected chi connectivity index (χ4v) is 5.09. The Kier molecular flexibility index (Phi) is 10.9. The molecule has 3 N–H and O–H groups in total. The summed E-state index contributed by atoms with van der Waals surface area (Å²) >= 11 is 0. The van der Waals surface area contributed by atoms with Crippen LogP contribution >= 0.6 is 0 Å². The van der Waals surface area contributed by atoms with Crippen LogP contribution in [0.15, 0.2) is 36.4 Å². The van der Waals surface area contributed by atoms with E-state index in [1.165, 1.54) is 0 Å². The lowest BCUT2D eigenvalue weighted by molar-refractivity contribution is -0.0137. The van der Waals surface area contributed by atoms with E-state index in [0.29, 0.717) is 47.3 Å². The number of likely N-dealkylation sites (N-methyl/N-ethyl adjacent to an activating group) is 1. The molecule has 0 aromatic heterocycles. The van der Waals surface area contributed by atoms with Crippen molar-refractivity contribution in [2.45, 2.75) is 58.3 Å². The van der Waals surface area contributed by atoms with Gasteiger partial charge in [-0.3, -0.25) is 4.79 Å². The smallest absolute Gasteiger partial charge is 0.323 e. The van der Waals surface area contributed by atoms with Gasteiger partial charge in [-0.15, -0.1) is 0 Å². The van der Waals surface area contributed by atoms with E-state index in [1.54, 1.807) is 41.3 Å². The van der Waals surface area contributed by atoms with E-state index in [2.05, 4.69) is 22.5 Å². The third-order valence-corrected chi connectivity index (χ3v) is 7.48. The Balaban J connectivity index is 1.60. The number of aliphatic hydroxyl groups is 1. The maximum absolute atomic E-state index is 14.2. The molecule has 2 heterocycles. The Morgan fingerprint density at radius 1 is 1.05 bits per heavy atom. The first-order chi connectivity index (χ1) is 20.1. The number of nitrogens with one attached hydrogen (secondary N) is 2. The highest BCUT2D eigenvalue weighted by atomic mass is 16.7. The molecule has 11 nitrogen and oxygen atoms in total. The molecular weight excluding hydrogens is 540 g/mol. The lowest BCUT2D eigenvalue weighted by Gasteiger charge is -2.35. The number of nitrogens with zero attached hydrogens (tertiary/aromatic N) is 2. The van der Waals surface area contributed by atoms with Gasteiger partial charge in [-0.05, 0) is 77.5 Å². The van der Waals surface area contributed by atoms with Crippen LogP contribution in [-0.2, 0) is 4.74 Å². The van der Waals surface area contributed by atoms with Crippen LogP contribution in [0, 0.1) is 5.92 Å². The molecule has 0 unspecified atom stereocenters. The van der Waals surface area contributed by atoms with Gasteiger partial charge in [0.2, 0.25) is 6.79 Å². The van der Waals surface area contributed by atoms with E-state index in [9.17, 15) is 14.7 Å². The molecule has 230 valence electrons. The number of carbonyl (C=O) groups is 2. The summed E-state index contributed by atoms with van der Waals surface area (Å²) in [6.07, 6.45) is 2.44. The van der Waals surface area contributed by atoms with E-state index in [4.69, 9.17) is 18.9 Å². The predicted octanol–water partition coefficient (Wildman–Crippen LogP) is 4.42. The molecule has 11 heteroatoms. The summed E-state index contributed by atoms with van der Waals surface area (Å²) in [6.45, 7) is 7.57. The second kappa shape index (κ2) is 14.6. The first kappa shape index (κ1) is 31.4. The fourth-order valence-electron chi connectivity index (χ4n) is 5.09. The first-order valence-electron chi connectivity index (χ1n) is 14.6. The van der Waals surface area contributed by atoms with Crippen LogP contribution in [0.3, 0.4) is 0 Å². The van der Waals surface area contributed by atoms with Crippen molar-refractivity contribution in [2.75, 3.05) is 57.8 Å².